The average Bonchev–Trinajstić information content (AvgIpc) is 2.44. The lowest BCUT2D eigenvalue weighted by molar-refractivity contribution is 0.564. The van der Waals surface area contributed by atoms with Crippen LogP contribution in [-0.2, 0) is 0 Å². The number of nitrogens with zero attached hydrogens (tertiary/aromatic N) is 1. The molecule has 1 heterocycles. The van der Waals surface area contributed by atoms with Crippen molar-refractivity contribution < 1.29 is 8.78 Å². The van der Waals surface area contributed by atoms with Crippen LogP contribution in [0.4, 0.5) is 14.5 Å². The van der Waals surface area contributed by atoms with Crippen LogP contribution in [0, 0.1) is 18.6 Å². The number of rotatable bonds is 4. The summed E-state index contributed by atoms with van der Waals surface area (Å²) in [6.45, 7) is 5.66. The highest BCUT2D eigenvalue weighted by Gasteiger charge is 2.17. The number of aryl methyl sites for hydroxylation is 1. The predicted molar refractivity (Wildman–Crippen MR) is 83.1 cm³/mol. The highest BCUT2D eigenvalue weighted by molar-refractivity contribution is 9.10. The van der Waals surface area contributed by atoms with Crippen molar-refractivity contribution in [1.82, 2.24) is 4.57 Å². The first-order valence-electron chi connectivity index (χ1n) is 6.18. The summed E-state index contributed by atoms with van der Waals surface area (Å²) >= 11 is 3.17. The molecule has 0 unspecified atom stereocenters. The van der Waals surface area contributed by atoms with Crippen molar-refractivity contribution in [2.45, 2.75) is 6.92 Å². The van der Waals surface area contributed by atoms with Crippen molar-refractivity contribution in [1.29, 1.82) is 0 Å². The van der Waals surface area contributed by atoms with Crippen LogP contribution in [0.1, 0.15) is 5.69 Å². The van der Waals surface area contributed by atoms with Crippen molar-refractivity contribution in [3.05, 3.63) is 69.1 Å². The monoisotopic (exact) mass is 354 g/mol. The minimum Gasteiger partial charge on any atom is -0.380 e. The zero-order valence-corrected chi connectivity index (χ0v) is 12.9. The zero-order valence-electron chi connectivity index (χ0n) is 11.3. The van der Waals surface area contributed by atoms with E-state index in [2.05, 4.69) is 27.8 Å². The van der Waals surface area contributed by atoms with Crippen molar-refractivity contribution in [3.63, 3.8) is 0 Å². The summed E-state index contributed by atoms with van der Waals surface area (Å²) in [7, 11) is 0. The van der Waals surface area contributed by atoms with Crippen LogP contribution < -0.4 is 10.9 Å². The maximum Gasteiger partial charge on any atom is 0.271 e. The molecule has 0 radical (unpaired) electrons. The van der Waals surface area contributed by atoms with Crippen molar-refractivity contribution in [2.75, 3.05) is 11.9 Å². The molecule has 2 aromatic rings. The standard InChI is InChI=1S/C15H13BrF2N2O/c1-3-7-19-12-8-9(2)20(15(21)13(12)16)14-10(17)5-4-6-11(14)18/h3-6,8,19H,1,7H2,2H3. The molecule has 0 saturated heterocycles. The molecule has 1 aromatic heterocycles. The van der Waals surface area contributed by atoms with Gasteiger partial charge in [-0.1, -0.05) is 12.1 Å². The van der Waals surface area contributed by atoms with Crippen LogP contribution in [0.2, 0.25) is 0 Å². The fraction of sp³-hybridized carbons (Fsp3) is 0.133. The van der Waals surface area contributed by atoms with E-state index >= 15 is 0 Å². The molecule has 0 spiro atoms. The van der Waals surface area contributed by atoms with Gasteiger partial charge in [0.2, 0.25) is 0 Å². The first-order valence-corrected chi connectivity index (χ1v) is 6.98. The molecule has 2 rings (SSSR count). The summed E-state index contributed by atoms with van der Waals surface area (Å²) in [5, 5.41) is 2.99. The molecule has 6 heteroatoms. The third kappa shape index (κ3) is 2.90. The maximum atomic E-state index is 13.9. The quantitative estimate of drug-likeness (QED) is 0.847. The number of anilines is 1. The first kappa shape index (κ1) is 15.4. The van der Waals surface area contributed by atoms with Crippen molar-refractivity contribution >= 4 is 21.6 Å². The summed E-state index contributed by atoms with van der Waals surface area (Å²) in [5.41, 5.74) is 0.0469. The summed E-state index contributed by atoms with van der Waals surface area (Å²) < 4.78 is 29.0. The van der Waals surface area contributed by atoms with Crippen LogP contribution in [0.3, 0.4) is 0 Å². The van der Waals surface area contributed by atoms with Gasteiger partial charge in [-0.25, -0.2) is 8.78 Å². The van der Waals surface area contributed by atoms with Gasteiger partial charge >= 0.3 is 0 Å². The van der Waals surface area contributed by atoms with E-state index < -0.39 is 17.2 Å². The number of hydrogen-bond donors (Lipinski definition) is 1. The summed E-state index contributed by atoms with van der Waals surface area (Å²) in [6.07, 6.45) is 1.64. The van der Waals surface area contributed by atoms with Crippen LogP contribution in [0.15, 0.2) is 46.2 Å². The summed E-state index contributed by atoms with van der Waals surface area (Å²) in [4.78, 5) is 12.4. The third-order valence-electron chi connectivity index (χ3n) is 2.93. The minimum atomic E-state index is -0.793. The molecule has 3 nitrogen and oxygen atoms in total. The fourth-order valence-electron chi connectivity index (χ4n) is 2.00. The number of nitrogens with one attached hydrogen (secondary N) is 1. The SMILES string of the molecule is C=CCNc1cc(C)n(-c2c(F)cccc2F)c(=O)c1Br. The Hall–Kier alpha value is -1.95. The van der Waals surface area contributed by atoms with Gasteiger partial charge in [0.05, 0.1) is 5.69 Å². The number of aromatic nitrogens is 1. The topological polar surface area (TPSA) is 34.0 Å². The second-order valence-corrected chi connectivity index (χ2v) is 5.19. The lowest BCUT2D eigenvalue weighted by atomic mass is 10.2. The second kappa shape index (κ2) is 6.22. The highest BCUT2D eigenvalue weighted by atomic mass is 79.9. The van der Waals surface area contributed by atoms with Crippen LogP contribution >= 0.6 is 15.9 Å². The molecule has 0 aliphatic rings. The smallest absolute Gasteiger partial charge is 0.271 e. The van der Waals surface area contributed by atoms with Gasteiger partial charge in [0.1, 0.15) is 21.8 Å². The van der Waals surface area contributed by atoms with Gasteiger partial charge in [0.15, 0.2) is 0 Å². The Balaban J connectivity index is 2.69. The number of para-hydroxylation sites is 1. The van der Waals surface area contributed by atoms with E-state index in [9.17, 15) is 13.6 Å². The highest BCUT2D eigenvalue weighted by Crippen LogP contribution is 2.24. The maximum absolute atomic E-state index is 13.9. The summed E-state index contributed by atoms with van der Waals surface area (Å²) in [5.74, 6) is -1.59. The molecule has 0 atom stereocenters. The van der Waals surface area contributed by atoms with Crippen molar-refractivity contribution in [3.8, 4) is 5.69 Å². The van der Waals surface area contributed by atoms with Crippen LogP contribution in [0.5, 0.6) is 0 Å². The Labute approximate surface area is 129 Å². The van der Waals surface area contributed by atoms with Crippen LogP contribution in [-0.4, -0.2) is 11.1 Å². The third-order valence-corrected chi connectivity index (χ3v) is 3.70. The van der Waals surface area contributed by atoms with E-state index in [0.717, 1.165) is 16.7 Å². The van der Waals surface area contributed by atoms with E-state index in [4.69, 9.17) is 0 Å². The Morgan fingerprint density at radius 2 is 2.00 bits per heavy atom. The van der Waals surface area contributed by atoms with Gasteiger partial charge in [0.25, 0.3) is 5.56 Å². The molecule has 0 saturated carbocycles. The Bertz CT molecular complexity index is 736. The van der Waals surface area contributed by atoms with Gasteiger partial charge in [-0.3, -0.25) is 9.36 Å². The Morgan fingerprint density at radius 3 is 2.57 bits per heavy atom. The molecule has 0 bridgehead atoms. The number of benzene rings is 1. The van der Waals surface area contributed by atoms with E-state index in [1.165, 1.54) is 6.07 Å². The average molecular weight is 355 g/mol. The number of hydrogen-bond acceptors (Lipinski definition) is 2. The van der Waals surface area contributed by atoms with Crippen molar-refractivity contribution in [2.24, 2.45) is 0 Å². The first-order chi connectivity index (χ1) is 9.97. The minimum absolute atomic E-state index is 0.206. The Morgan fingerprint density at radius 1 is 1.38 bits per heavy atom. The molecule has 110 valence electrons. The summed E-state index contributed by atoms with van der Waals surface area (Å²) in [6, 6.07) is 5.12. The van der Waals surface area contributed by atoms with E-state index in [0.29, 0.717) is 17.9 Å². The molecule has 1 N–H and O–H groups in total. The molecular formula is C15H13BrF2N2O. The van der Waals surface area contributed by atoms with E-state index in [1.807, 2.05) is 0 Å². The second-order valence-electron chi connectivity index (χ2n) is 4.39. The molecule has 0 amide bonds. The number of pyridine rings is 1. The van der Waals surface area contributed by atoms with Gasteiger partial charge < -0.3 is 5.32 Å². The Kier molecular flexibility index (Phi) is 4.57. The largest absolute Gasteiger partial charge is 0.380 e. The fourth-order valence-corrected chi connectivity index (χ4v) is 2.43. The zero-order chi connectivity index (χ0) is 15.6. The van der Waals surface area contributed by atoms with E-state index in [-0.39, 0.29) is 10.2 Å². The van der Waals surface area contributed by atoms with Gasteiger partial charge in [-0.15, -0.1) is 6.58 Å². The number of halogens is 3. The van der Waals surface area contributed by atoms with Gasteiger partial charge in [-0.2, -0.15) is 0 Å². The molecule has 0 aliphatic carbocycles. The van der Waals surface area contributed by atoms with Gasteiger partial charge in [-0.05, 0) is 41.1 Å². The lowest BCUT2D eigenvalue weighted by Crippen LogP contribution is -2.24. The molecule has 0 aliphatic heterocycles. The lowest BCUT2D eigenvalue weighted by Gasteiger charge is -2.15. The molecular weight excluding hydrogens is 342 g/mol. The molecule has 0 fully saturated rings. The predicted octanol–water partition coefficient (Wildman–Crippen LogP) is 3.78. The molecule has 1 aromatic carbocycles. The molecule has 21 heavy (non-hydrogen) atoms. The van der Waals surface area contributed by atoms with Crippen LogP contribution in [0.25, 0.3) is 5.69 Å². The van der Waals surface area contributed by atoms with Gasteiger partial charge in [0, 0.05) is 12.2 Å². The normalized spacial score (nSPS) is 10.5. The van der Waals surface area contributed by atoms with E-state index in [1.54, 1.807) is 19.1 Å².